The molecule has 0 atom stereocenters. The van der Waals surface area contributed by atoms with Crippen LogP contribution in [0.25, 0.3) is 21.5 Å². The minimum Gasteiger partial charge on any atom is -0.439 e. The highest BCUT2D eigenvalue weighted by Gasteiger charge is 2.41. The van der Waals surface area contributed by atoms with Gasteiger partial charge >= 0.3 is 0 Å². The molecular formula is C31H31ClFN3O4S. The largest absolute Gasteiger partial charge is 0.439 e. The molecule has 10 heteroatoms. The number of aromatic nitrogens is 2. The fraction of sp³-hybridized carbons (Fsp3) is 0.323. The number of pyridine rings is 1. The van der Waals surface area contributed by atoms with Crippen molar-refractivity contribution in [2.45, 2.75) is 56.8 Å². The van der Waals surface area contributed by atoms with Crippen molar-refractivity contribution < 1.29 is 23.5 Å². The highest BCUT2D eigenvalue weighted by molar-refractivity contribution is 7.18. The molecule has 0 aliphatic heterocycles. The normalized spacial score (nSPS) is 16.1. The number of carbonyl (C=O) groups is 3. The summed E-state index contributed by atoms with van der Waals surface area (Å²) in [5.74, 6) is 1.72. The van der Waals surface area contributed by atoms with E-state index in [0.29, 0.717) is 39.6 Å². The van der Waals surface area contributed by atoms with E-state index in [-0.39, 0.29) is 17.6 Å². The number of ether oxygens (including phenoxy) is 1. The fourth-order valence-corrected chi connectivity index (χ4v) is 5.72. The molecule has 0 saturated heterocycles. The molecule has 2 aromatic carbocycles. The second kappa shape index (κ2) is 13.3. The summed E-state index contributed by atoms with van der Waals surface area (Å²) in [5.41, 5.74) is 7.38. The average molecular weight is 596 g/mol. The Morgan fingerprint density at radius 2 is 1.76 bits per heavy atom. The lowest BCUT2D eigenvalue weighted by Crippen LogP contribution is -2.01. The van der Waals surface area contributed by atoms with Gasteiger partial charge in [-0.15, -0.1) is 0 Å². The second-order valence-corrected chi connectivity index (χ2v) is 11.8. The van der Waals surface area contributed by atoms with Crippen molar-refractivity contribution in [2.24, 2.45) is 11.7 Å². The molecule has 2 heterocycles. The lowest BCUT2D eigenvalue weighted by molar-refractivity contribution is -0.109. The Hall–Kier alpha value is -3.69. The summed E-state index contributed by atoms with van der Waals surface area (Å²) >= 11 is 8.35. The maximum absolute atomic E-state index is 14.8. The zero-order valence-corrected chi connectivity index (χ0v) is 24.2. The maximum atomic E-state index is 14.8. The van der Waals surface area contributed by atoms with Crippen molar-refractivity contribution in [3.63, 3.8) is 0 Å². The smallest absolute Gasteiger partial charge is 0.220 e. The van der Waals surface area contributed by atoms with Crippen LogP contribution in [-0.4, -0.2) is 29.5 Å². The Balaban J connectivity index is 0.000000336. The molecule has 7 rings (SSSR count). The topological polar surface area (TPSA) is 112 Å². The van der Waals surface area contributed by atoms with Crippen molar-refractivity contribution in [3.05, 3.63) is 69.9 Å². The summed E-state index contributed by atoms with van der Waals surface area (Å²) in [6, 6.07) is 14.3. The first-order valence-corrected chi connectivity index (χ1v) is 14.5. The van der Waals surface area contributed by atoms with Gasteiger partial charge in [0.05, 0.1) is 10.0 Å². The third kappa shape index (κ3) is 7.54. The Bertz CT molecular complexity index is 1530. The zero-order valence-electron chi connectivity index (χ0n) is 22.6. The van der Waals surface area contributed by atoms with Crippen LogP contribution in [0.2, 0.25) is 5.02 Å². The molecule has 0 bridgehead atoms. The number of carbonyl (C=O) groups excluding carboxylic acids is 3. The lowest BCUT2D eigenvalue weighted by atomic mass is 9.93. The first kappa shape index (κ1) is 30.3. The van der Waals surface area contributed by atoms with Crippen LogP contribution in [0.4, 0.5) is 4.39 Å². The van der Waals surface area contributed by atoms with Gasteiger partial charge < -0.3 is 20.1 Å². The van der Waals surface area contributed by atoms with Crippen molar-refractivity contribution >= 4 is 52.8 Å². The third-order valence-corrected chi connectivity index (χ3v) is 8.62. The summed E-state index contributed by atoms with van der Waals surface area (Å²) in [6.45, 7) is 4.20. The van der Waals surface area contributed by atoms with Crippen LogP contribution < -0.4 is 10.5 Å². The maximum Gasteiger partial charge on any atom is 0.220 e. The van der Waals surface area contributed by atoms with E-state index in [4.69, 9.17) is 25.9 Å². The number of primary amides is 1. The van der Waals surface area contributed by atoms with Gasteiger partial charge in [-0.25, -0.2) is 14.4 Å². The van der Waals surface area contributed by atoms with Crippen molar-refractivity contribution in [2.75, 3.05) is 0 Å². The molecule has 1 amide bonds. The number of thiazole rings is 1. The van der Waals surface area contributed by atoms with Crippen LogP contribution in [0, 0.1) is 11.7 Å². The monoisotopic (exact) mass is 595 g/mol. The van der Waals surface area contributed by atoms with Crippen molar-refractivity contribution in [3.8, 4) is 22.8 Å². The summed E-state index contributed by atoms with van der Waals surface area (Å²) in [4.78, 5) is 36.3. The van der Waals surface area contributed by atoms with Gasteiger partial charge in [0.2, 0.25) is 12.3 Å². The van der Waals surface area contributed by atoms with E-state index in [1.54, 1.807) is 23.5 Å². The molecule has 0 unspecified atom stereocenters. The van der Waals surface area contributed by atoms with Gasteiger partial charge in [-0.1, -0.05) is 48.1 Å². The van der Waals surface area contributed by atoms with Crippen molar-refractivity contribution in [1.29, 1.82) is 0 Å². The molecule has 3 aliphatic rings. The van der Waals surface area contributed by atoms with Gasteiger partial charge in [-0.3, -0.25) is 4.79 Å². The molecule has 4 aromatic rings. The van der Waals surface area contributed by atoms with Crippen LogP contribution in [0.5, 0.6) is 11.6 Å². The van der Waals surface area contributed by atoms with E-state index in [0.717, 1.165) is 52.9 Å². The van der Waals surface area contributed by atoms with Crippen LogP contribution in [0.15, 0.2) is 48.5 Å². The highest BCUT2D eigenvalue weighted by Crippen LogP contribution is 2.51. The molecule has 214 valence electrons. The fourth-order valence-electron chi connectivity index (χ4n) is 4.17. The predicted molar refractivity (Wildman–Crippen MR) is 159 cm³/mol. The summed E-state index contributed by atoms with van der Waals surface area (Å²) in [6.07, 6.45) is 8.20. The Morgan fingerprint density at radius 1 is 1.05 bits per heavy atom. The minimum atomic E-state index is -0.327. The standard InChI is InChI=1S/C25H20ClFN2OS.C4H6O.CH3NO.CH2O/c1-25(11-12-25)18-4-2-3-16(22(18)26)17-13-15(7-8-19(17)27)30-21-10-9-20-24(29-21)31-23(28-20)14-5-6-14;5-3-4-1-2-4;2-1-3;1-2/h2-4,7-10,13-14H,5-6,11-12H2,1H3;3-4H,1-2H2;1H,(H2,2,3);1H2. The van der Waals surface area contributed by atoms with Crippen LogP contribution >= 0.6 is 22.9 Å². The Labute approximate surface area is 246 Å². The Kier molecular flexibility index (Phi) is 9.83. The van der Waals surface area contributed by atoms with Gasteiger partial charge in [0.15, 0.2) is 0 Å². The van der Waals surface area contributed by atoms with Crippen LogP contribution in [0.1, 0.15) is 61.9 Å². The van der Waals surface area contributed by atoms with E-state index in [1.165, 1.54) is 18.9 Å². The zero-order chi connectivity index (χ0) is 29.6. The molecule has 41 heavy (non-hydrogen) atoms. The van der Waals surface area contributed by atoms with E-state index in [2.05, 4.69) is 22.6 Å². The molecule has 3 saturated carbocycles. The number of aldehydes is 1. The molecule has 7 nitrogen and oxygen atoms in total. The van der Waals surface area contributed by atoms with Gasteiger partial charge in [-0.2, -0.15) is 0 Å². The molecule has 3 fully saturated rings. The number of nitrogens with zero attached hydrogens (tertiary/aromatic N) is 2. The number of nitrogens with two attached hydrogens (primary N) is 1. The molecular weight excluding hydrogens is 565 g/mol. The van der Waals surface area contributed by atoms with Gasteiger partial charge in [0.1, 0.15) is 35.0 Å². The van der Waals surface area contributed by atoms with Gasteiger partial charge in [0, 0.05) is 29.0 Å². The number of hydrogen-bond acceptors (Lipinski definition) is 7. The molecule has 3 aliphatic carbocycles. The summed E-state index contributed by atoms with van der Waals surface area (Å²) < 4.78 is 20.8. The number of amides is 1. The van der Waals surface area contributed by atoms with E-state index in [9.17, 15) is 9.18 Å². The lowest BCUT2D eigenvalue weighted by Gasteiger charge is -2.16. The highest BCUT2D eigenvalue weighted by atomic mass is 35.5. The third-order valence-electron chi connectivity index (χ3n) is 7.09. The first-order valence-electron chi connectivity index (χ1n) is 13.3. The van der Waals surface area contributed by atoms with E-state index < -0.39 is 0 Å². The quantitative estimate of drug-likeness (QED) is 0.233. The summed E-state index contributed by atoms with van der Waals surface area (Å²) in [5, 5.41) is 1.78. The predicted octanol–water partition coefficient (Wildman–Crippen LogP) is 7.38. The SMILES string of the molecule is C=O.CC1(c2cccc(-c3cc(Oc4ccc5nc(C6CC6)sc5n4)ccc3F)c2Cl)CC1.NC=O.O=CC1CC1. The Morgan fingerprint density at radius 3 is 2.34 bits per heavy atom. The minimum absolute atomic E-state index is 0.102. The average Bonchev–Trinajstić information content (AvgIpc) is 3.86. The number of benzene rings is 2. The molecule has 0 radical (unpaired) electrons. The first-order chi connectivity index (χ1) is 19.8. The molecule has 2 N–H and O–H groups in total. The number of rotatable bonds is 6. The number of hydrogen-bond donors (Lipinski definition) is 1. The van der Waals surface area contributed by atoms with Crippen LogP contribution in [-0.2, 0) is 19.8 Å². The summed E-state index contributed by atoms with van der Waals surface area (Å²) in [7, 11) is 0. The molecule has 2 aromatic heterocycles. The van der Waals surface area contributed by atoms with Gasteiger partial charge in [-0.05, 0) is 73.8 Å². The number of halogens is 2. The van der Waals surface area contributed by atoms with E-state index >= 15 is 0 Å². The van der Waals surface area contributed by atoms with Crippen LogP contribution in [0.3, 0.4) is 0 Å². The number of fused-ring (bicyclic) bond motifs is 1. The van der Waals surface area contributed by atoms with Gasteiger partial charge in [0.25, 0.3) is 0 Å². The second-order valence-electron chi connectivity index (χ2n) is 10.4. The van der Waals surface area contributed by atoms with E-state index in [1.807, 2.05) is 37.1 Å². The molecule has 0 spiro atoms. The van der Waals surface area contributed by atoms with Crippen molar-refractivity contribution in [1.82, 2.24) is 9.97 Å².